The van der Waals surface area contributed by atoms with Gasteiger partial charge in [0.15, 0.2) is 34.9 Å². The number of epoxide rings is 1. The summed E-state index contributed by atoms with van der Waals surface area (Å²) in [6, 6.07) is 6.90. The van der Waals surface area contributed by atoms with E-state index < -0.39 is 12.2 Å². The molecule has 150 valence electrons. The lowest BCUT2D eigenvalue weighted by molar-refractivity contribution is 0.0952. The van der Waals surface area contributed by atoms with E-state index in [2.05, 4.69) is 15.9 Å². The minimum Gasteiger partial charge on any atom is -0.493 e. The molecule has 2 atom stereocenters. The fraction of sp³-hybridized carbons (Fsp3) is 0.350. The molecule has 0 amide bonds. The van der Waals surface area contributed by atoms with Gasteiger partial charge in [-0.3, -0.25) is 4.79 Å². The third-order valence-electron chi connectivity index (χ3n) is 4.50. The molecule has 1 aliphatic rings. The van der Waals surface area contributed by atoms with Gasteiger partial charge in [-0.05, 0) is 45.8 Å². The van der Waals surface area contributed by atoms with Crippen molar-refractivity contribution in [3.05, 3.63) is 39.9 Å². The van der Waals surface area contributed by atoms with Crippen molar-refractivity contribution < 1.29 is 33.2 Å². The van der Waals surface area contributed by atoms with Gasteiger partial charge >= 0.3 is 0 Å². The number of benzene rings is 2. The van der Waals surface area contributed by atoms with Crippen LogP contribution < -0.4 is 23.7 Å². The predicted molar refractivity (Wildman–Crippen MR) is 105 cm³/mol. The van der Waals surface area contributed by atoms with E-state index in [1.807, 2.05) is 0 Å². The van der Waals surface area contributed by atoms with Gasteiger partial charge in [-0.25, -0.2) is 0 Å². The molecule has 1 saturated heterocycles. The van der Waals surface area contributed by atoms with Gasteiger partial charge in [0.05, 0.1) is 35.5 Å². The van der Waals surface area contributed by atoms with Crippen LogP contribution in [0.3, 0.4) is 0 Å². The van der Waals surface area contributed by atoms with E-state index in [9.17, 15) is 4.79 Å². The second-order valence-electron chi connectivity index (χ2n) is 5.99. The van der Waals surface area contributed by atoms with E-state index in [4.69, 9.17) is 28.4 Å². The molecule has 28 heavy (non-hydrogen) atoms. The van der Waals surface area contributed by atoms with Crippen LogP contribution in [0.1, 0.15) is 22.0 Å². The summed E-state index contributed by atoms with van der Waals surface area (Å²) in [6.07, 6.45) is -1.02. The molecule has 0 aliphatic carbocycles. The van der Waals surface area contributed by atoms with Gasteiger partial charge in [-0.15, -0.1) is 0 Å². The molecule has 0 bridgehead atoms. The molecule has 1 heterocycles. The van der Waals surface area contributed by atoms with Crippen molar-refractivity contribution in [1.82, 2.24) is 0 Å². The number of hydrogen-bond acceptors (Lipinski definition) is 7. The van der Waals surface area contributed by atoms with Crippen molar-refractivity contribution in [2.24, 2.45) is 0 Å². The smallest absolute Gasteiger partial charge is 0.203 e. The Balaban J connectivity index is 1.89. The number of ketones is 1. The van der Waals surface area contributed by atoms with E-state index >= 15 is 0 Å². The number of hydrogen-bond donors (Lipinski definition) is 0. The minimum atomic E-state index is -0.614. The van der Waals surface area contributed by atoms with E-state index in [0.717, 1.165) is 5.56 Å². The molecule has 0 aromatic heterocycles. The maximum Gasteiger partial charge on any atom is 0.203 e. The highest BCUT2D eigenvalue weighted by Gasteiger charge is 2.47. The largest absolute Gasteiger partial charge is 0.493 e. The van der Waals surface area contributed by atoms with Crippen LogP contribution in [-0.4, -0.2) is 47.4 Å². The Morgan fingerprint density at radius 3 is 1.86 bits per heavy atom. The van der Waals surface area contributed by atoms with Crippen LogP contribution in [-0.2, 0) is 4.74 Å². The number of Topliss-reactive ketones (excluding diaryl/α,β-unsaturated/α-hetero) is 1. The molecule has 0 radical (unpaired) electrons. The molecule has 2 aromatic carbocycles. The highest BCUT2D eigenvalue weighted by molar-refractivity contribution is 9.10. The molecule has 2 aromatic rings. The fourth-order valence-electron chi connectivity index (χ4n) is 3.03. The summed E-state index contributed by atoms with van der Waals surface area (Å²) in [6.45, 7) is 0. The Morgan fingerprint density at radius 2 is 1.36 bits per heavy atom. The maximum absolute atomic E-state index is 13.0. The highest BCUT2D eigenvalue weighted by atomic mass is 79.9. The Bertz CT molecular complexity index is 871. The molecule has 7 nitrogen and oxygen atoms in total. The van der Waals surface area contributed by atoms with E-state index in [1.54, 1.807) is 24.3 Å². The number of methoxy groups -OCH3 is 5. The van der Waals surface area contributed by atoms with E-state index in [-0.39, 0.29) is 5.78 Å². The lowest BCUT2D eigenvalue weighted by Crippen LogP contribution is -2.10. The van der Waals surface area contributed by atoms with Crippen LogP contribution in [0.25, 0.3) is 0 Å². The van der Waals surface area contributed by atoms with Gasteiger partial charge < -0.3 is 28.4 Å². The molecule has 0 saturated carbocycles. The molecular weight excluding hydrogens is 432 g/mol. The average Bonchev–Trinajstić information content (AvgIpc) is 3.52. The summed E-state index contributed by atoms with van der Waals surface area (Å²) < 4.78 is 32.9. The fourth-order valence-corrected chi connectivity index (χ4v) is 3.54. The van der Waals surface area contributed by atoms with Crippen LogP contribution in [0, 0.1) is 0 Å². The number of rotatable bonds is 8. The minimum absolute atomic E-state index is 0.161. The van der Waals surface area contributed by atoms with Crippen LogP contribution in [0.4, 0.5) is 0 Å². The van der Waals surface area contributed by atoms with Crippen molar-refractivity contribution in [1.29, 1.82) is 0 Å². The van der Waals surface area contributed by atoms with Crippen molar-refractivity contribution in [2.45, 2.75) is 12.2 Å². The number of carbonyl (C=O) groups excluding carboxylic acids is 1. The van der Waals surface area contributed by atoms with E-state index in [1.165, 1.54) is 35.5 Å². The van der Waals surface area contributed by atoms with Gasteiger partial charge in [0.25, 0.3) is 0 Å². The lowest BCUT2D eigenvalue weighted by Gasteiger charge is -2.13. The highest BCUT2D eigenvalue weighted by Crippen LogP contribution is 2.47. The maximum atomic E-state index is 13.0. The molecule has 0 N–H and O–H groups in total. The summed E-state index contributed by atoms with van der Waals surface area (Å²) in [5.41, 5.74) is 1.22. The monoisotopic (exact) mass is 452 g/mol. The van der Waals surface area contributed by atoms with Gasteiger partial charge in [0.2, 0.25) is 5.75 Å². The van der Waals surface area contributed by atoms with E-state index in [0.29, 0.717) is 38.8 Å². The normalized spacial score (nSPS) is 17.6. The number of ether oxygens (including phenoxy) is 6. The van der Waals surface area contributed by atoms with Crippen LogP contribution in [0.15, 0.2) is 28.7 Å². The quantitative estimate of drug-likeness (QED) is 0.445. The topological polar surface area (TPSA) is 75.8 Å². The number of carbonyl (C=O) groups is 1. The SMILES string of the molecule is COc1cc(Br)c(C(=O)[C@@H]2O[C@@H]2c2cc(OC)c(OC)c(OC)c2)cc1OC. The van der Waals surface area contributed by atoms with Gasteiger partial charge in [-0.2, -0.15) is 0 Å². The van der Waals surface area contributed by atoms with Crippen molar-refractivity contribution >= 4 is 21.7 Å². The Morgan fingerprint density at radius 1 is 0.821 bits per heavy atom. The second kappa shape index (κ2) is 8.28. The summed E-state index contributed by atoms with van der Waals surface area (Å²) in [4.78, 5) is 13.0. The number of halogens is 1. The lowest BCUT2D eigenvalue weighted by atomic mass is 10.0. The zero-order valence-electron chi connectivity index (χ0n) is 16.2. The summed E-state index contributed by atoms with van der Waals surface area (Å²) in [5.74, 6) is 2.34. The van der Waals surface area contributed by atoms with Crippen molar-refractivity contribution in [2.75, 3.05) is 35.5 Å². The third-order valence-corrected chi connectivity index (χ3v) is 5.16. The van der Waals surface area contributed by atoms with Crippen LogP contribution in [0.2, 0.25) is 0 Å². The molecular formula is C20H21BrO7. The van der Waals surface area contributed by atoms with Crippen molar-refractivity contribution in [3.63, 3.8) is 0 Å². The summed E-state index contributed by atoms with van der Waals surface area (Å²) >= 11 is 3.42. The molecule has 1 fully saturated rings. The van der Waals surface area contributed by atoms with Crippen molar-refractivity contribution in [3.8, 4) is 28.7 Å². The Labute approximate surface area is 171 Å². The first-order valence-corrected chi connectivity index (χ1v) is 9.19. The molecule has 1 aliphatic heterocycles. The molecule has 0 unspecified atom stereocenters. The summed E-state index contributed by atoms with van der Waals surface area (Å²) in [7, 11) is 7.67. The molecule has 8 heteroatoms. The molecule has 0 spiro atoms. The zero-order valence-corrected chi connectivity index (χ0v) is 17.8. The Kier molecular flexibility index (Phi) is 6.00. The molecule has 3 rings (SSSR count). The first-order chi connectivity index (χ1) is 13.5. The van der Waals surface area contributed by atoms with Gasteiger partial charge in [0, 0.05) is 10.0 Å². The Hall–Kier alpha value is -2.45. The average molecular weight is 453 g/mol. The third kappa shape index (κ3) is 3.62. The summed E-state index contributed by atoms with van der Waals surface area (Å²) in [5, 5.41) is 0. The van der Waals surface area contributed by atoms with Gasteiger partial charge in [0.1, 0.15) is 6.10 Å². The standard InChI is InChI=1S/C20H21BrO7/c1-23-13-8-11(12(21)9-14(13)24-2)17(22)20-18(28-20)10-6-15(25-3)19(27-5)16(7-10)26-4/h6-9,18,20H,1-5H3/t18-,20+/m1/s1. The first kappa shape index (κ1) is 20.3. The zero-order chi connectivity index (χ0) is 20.4. The van der Waals surface area contributed by atoms with Crippen LogP contribution in [0.5, 0.6) is 28.7 Å². The van der Waals surface area contributed by atoms with Gasteiger partial charge in [-0.1, -0.05) is 0 Å². The predicted octanol–water partition coefficient (Wildman–Crippen LogP) is 3.81. The second-order valence-corrected chi connectivity index (χ2v) is 6.84. The first-order valence-electron chi connectivity index (χ1n) is 8.40. The van der Waals surface area contributed by atoms with Crippen LogP contribution >= 0.6 is 15.9 Å².